The molecule has 2 unspecified atom stereocenters. The maximum Gasteiger partial charge on any atom is 0.0446 e. The van der Waals surface area contributed by atoms with Gasteiger partial charge in [0.05, 0.1) is 0 Å². The zero-order chi connectivity index (χ0) is 12.1. The first-order valence-electron chi connectivity index (χ1n) is 6.30. The van der Waals surface area contributed by atoms with Crippen LogP contribution in [0.15, 0.2) is 24.3 Å². The molecule has 94 valence electrons. The Morgan fingerprint density at radius 3 is 2.59 bits per heavy atom. The minimum absolute atomic E-state index is 0.499. The maximum absolute atomic E-state index is 3.49. The molecule has 1 fully saturated rings. The van der Waals surface area contributed by atoms with Crippen LogP contribution in [-0.2, 0) is 6.42 Å². The molecule has 1 saturated heterocycles. The van der Waals surface area contributed by atoms with Crippen LogP contribution in [0.1, 0.15) is 24.1 Å². The highest BCUT2D eigenvalue weighted by Crippen LogP contribution is 2.33. The maximum atomic E-state index is 3.49. The first-order chi connectivity index (χ1) is 8.35. The van der Waals surface area contributed by atoms with Crippen LogP contribution in [0.4, 0.5) is 0 Å². The van der Waals surface area contributed by atoms with Crippen molar-refractivity contribution in [2.45, 2.75) is 24.6 Å². The molecular weight excluding hydrogens is 246 g/mol. The number of rotatable bonds is 4. The zero-order valence-corrected chi connectivity index (χ0v) is 12.2. The lowest BCUT2D eigenvalue weighted by Crippen LogP contribution is -2.31. The molecule has 1 aromatic rings. The third-order valence-electron chi connectivity index (χ3n) is 3.27. The third kappa shape index (κ3) is 3.43. The summed E-state index contributed by atoms with van der Waals surface area (Å²) < 4.78 is 0. The van der Waals surface area contributed by atoms with Crippen molar-refractivity contribution in [3.05, 3.63) is 35.4 Å². The van der Waals surface area contributed by atoms with Gasteiger partial charge in [0.25, 0.3) is 0 Å². The van der Waals surface area contributed by atoms with Gasteiger partial charge in [0, 0.05) is 28.6 Å². The van der Waals surface area contributed by atoms with E-state index in [0.29, 0.717) is 11.3 Å². The van der Waals surface area contributed by atoms with E-state index in [1.54, 1.807) is 0 Å². The summed E-state index contributed by atoms with van der Waals surface area (Å²) in [5.41, 5.74) is 2.86. The highest BCUT2D eigenvalue weighted by Gasteiger charge is 2.24. The second-order valence-electron chi connectivity index (χ2n) is 4.35. The van der Waals surface area contributed by atoms with Gasteiger partial charge in [0.15, 0.2) is 0 Å². The molecule has 2 rings (SSSR count). The summed E-state index contributed by atoms with van der Waals surface area (Å²) in [6, 6.07) is 9.61. The van der Waals surface area contributed by atoms with Gasteiger partial charge in [0.2, 0.25) is 0 Å². The highest BCUT2D eigenvalue weighted by molar-refractivity contribution is 8.06. The molecule has 1 aliphatic heterocycles. The predicted molar refractivity (Wildman–Crippen MR) is 81.2 cm³/mol. The van der Waals surface area contributed by atoms with E-state index < -0.39 is 0 Å². The van der Waals surface area contributed by atoms with Crippen molar-refractivity contribution in [3.8, 4) is 0 Å². The van der Waals surface area contributed by atoms with Crippen LogP contribution in [0.3, 0.4) is 0 Å². The first kappa shape index (κ1) is 13.3. The number of hydrogen-bond donors (Lipinski definition) is 1. The lowest BCUT2D eigenvalue weighted by atomic mass is 10.0. The Bertz CT molecular complexity index is 331. The van der Waals surface area contributed by atoms with E-state index in [0.717, 1.165) is 6.42 Å². The Morgan fingerprint density at radius 2 is 2.06 bits per heavy atom. The summed E-state index contributed by atoms with van der Waals surface area (Å²) >= 11 is 4.21. The number of thioether (sulfide) groups is 2. The molecule has 0 saturated carbocycles. The molecule has 17 heavy (non-hydrogen) atoms. The van der Waals surface area contributed by atoms with Gasteiger partial charge in [-0.05, 0) is 24.6 Å². The molecule has 1 heterocycles. The fourth-order valence-corrected chi connectivity index (χ4v) is 5.14. The van der Waals surface area contributed by atoms with Gasteiger partial charge in [-0.15, -0.1) is 0 Å². The SMILES string of the molecule is CCc1ccc(C(NC)C2CSCCS2)cc1. The lowest BCUT2D eigenvalue weighted by molar-refractivity contribution is 0.592. The molecule has 0 spiro atoms. The van der Waals surface area contributed by atoms with Crippen molar-refractivity contribution >= 4 is 23.5 Å². The van der Waals surface area contributed by atoms with Crippen LogP contribution in [0, 0.1) is 0 Å². The van der Waals surface area contributed by atoms with E-state index in [2.05, 4.69) is 67.1 Å². The summed E-state index contributed by atoms with van der Waals surface area (Å²) in [6.45, 7) is 2.21. The lowest BCUT2D eigenvalue weighted by Gasteiger charge is -2.29. The first-order valence-corrected chi connectivity index (χ1v) is 8.51. The van der Waals surface area contributed by atoms with Gasteiger partial charge < -0.3 is 5.32 Å². The number of nitrogens with one attached hydrogen (secondary N) is 1. The molecule has 1 aromatic carbocycles. The third-order valence-corrected chi connectivity index (χ3v) is 6.14. The molecular formula is C14H21NS2. The van der Waals surface area contributed by atoms with Crippen molar-refractivity contribution in [2.24, 2.45) is 0 Å². The average Bonchev–Trinajstić information content (AvgIpc) is 2.42. The second kappa shape index (κ2) is 6.72. The van der Waals surface area contributed by atoms with Crippen molar-refractivity contribution in [1.82, 2.24) is 5.32 Å². The number of benzene rings is 1. The molecule has 2 atom stereocenters. The predicted octanol–water partition coefficient (Wildman–Crippen LogP) is 3.36. The van der Waals surface area contributed by atoms with Crippen LogP contribution < -0.4 is 5.32 Å². The van der Waals surface area contributed by atoms with E-state index in [1.165, 1.54) is 28.4 Å². The highest BCUT2D eigenvalue weighted by atomic mass is 32.2. The van der Waals surface area contributed by atoms with E-state index in [4.69, 9.17) is 0 Å². The standard InChI is InChI=1S/C14H21NS2/c1-3-11-4-6-12(7-5-11)14(15-2)13-10-16-8-9-17-13/h4-7,13-15H,3,8-10H2,1-2H3. The van der Waals surface area contributed by atoms with E-state index in [1.807, 2.05) is 0 Å². The minimum Gasteiger partial charge on any atom is -0.312 e. The molecule has 3 heteroatoms. The molecule has 1 aliphatic rings. The molecule has 0 radical (unpaired) electrons. The number of aryl methyl sites for hydroxylation is 1. The van der Waals surface area contributed by atoms with Crippen LogP contribution in [0.25, 0.3) is 0 Å². The molecule has 0 aromatic heterocycles. The Hall–Kier alpha value is -0.120. The monoisotopic (exact) mass is 267 g/mol. The molecule has 1 nitrogen and oxygen atoms in total. The summed E-state index contributed by atoms with van der Waals surface area (Å²) in [5, 5.41) is 4.21. The summed E-state index contributed by atoms with van der Waals surface area (Å²) in [5.74, 6) is 3.87. The van der Waals surface area contributed by atoms with Crippen molar-refractivity contribution < 1.29 is 0 Å². The Balaban J connectivity index is 2.10. The fraction of sp³-hybridized carbons (Fsp3) is 0.571. The van der Waals surface area contributed by atoms with Crippen LogP contribution >= 0.6 is 23.5 Å². The van der Waals surface area contributed by atoms with E-state index in [9.17, 15) is 0 Å². The van der Waals surface area contributed by atoms with Crippen molar-refractivity contribution in [1.29, 1.82) is 0 Å². The summed E-state index contributed by atoms with van der Waals surface area (Å²) in [6.07, 6.45) is 1.12. The van der Waals surface area contributed by atoms with Gasteiger partial charge in [-0.25, -0.2) is 0 Å². The number of hydrogen-bond acceptors (Lipinski definition) is 3. The summed E-state index contributed by atoms with van der Waals surface area (Å²) in [4.78, 5) is 0. The Morgan fingerprint density at radius 1 is 1.29 bits per heavy atom. The van der Waals surface area contributed by atoms with Gasteiger partial charge in [-0.2, -0.15) is 23.5 Å². The van der Waals surface area contributed by atoms with E-state index >= 15 is 0 Å². The topological polar surface area (TPSA) is 12.0 Å². The van der Waals surface area contributed by atoms with Crippen molar-refractivity contribution in [3.63, 3.8) is 0 Å². The molecule has 0 aliphatic carbocycles. The van der Waals surface area contributed by atoms with Crippen molar-refractivity contribution in [2.75, 3.05) is 24.3 Å². The summed E-state index contributed by atoms with van der Waals surface area (Å²) in [7, 11) is 2.08. The molecule has 0 amide bonds. The molecule has 0 bridgehead atoms. The Labute approximate surface area is 113 Å². The van der Waals surface area contributed by atoms with Crippen LogP contribution in [0.2, 0.25) is 0 Å². The van der Waals surface area contributed by atoms with Gasteiger partial charge in [-0.1, -0.05) is 31.2 Å². The van der Waals surface area contributed by atoms with Crippen LogP contribution in [-0.4, -0.2) is 29.6 Å². The van der Waals surface area contributed by atoms with Crippen LogP contribution in [0.5, 0.6) is 0 Å². The normalized spacial score (nSPS) is 22.4. The van der Waals surface area contributed by atoms with Gasteiger partial charge >= 0.3 is 0 Å². The minimum atomic E-state index is 0.499. The smallest absolute Gasteiger partial charge is 0.0446 e. The quantitative estimate of drug-likeness (QED) is 0.898. The Kier molecular flexibility index (Phi) is 5.26. The van der Waals surface area contributed by atoms with E-state index in [-0.39, 0.29) is 0 Å². The van der Waals surface area contributed by atoms with Gasteiger partial charge in [-0.3, -0.25) is 0 Å². The average molecular weight is 267 g/mol. The zero-order valence-electron chi connectivity index (χ0n) is 10.6. The fourth-order valence-electron chi connectivity index (χ4n) is 2.23. The largest absolute Gasteiger partial charge is 0.312 e. The molecule has 1 N–H and O–H groups in total. The van der Waals surface area contributed by atoms with Gasteiger partial charge in [0.1, 0.15) is 0 Å². The second-order valence-corrected chi connectivity index (χ2v) is 6.84.